The fourth-order valence-corrected chi connectivity index (χ4v) is 5.13. The van der Waals surface area contributed by atoms with Crippen molar-refractivity contribution in [3.8, 4) is 11.1 Å². The number of hydrogen-bond acceptors (Lipinski definition) is 5. The van der Waals surface area contributed by atoms with Crippen molar-refractivity contribution in [3.05, 3.63) is 59.7 Å². The summed E-state index contributed by atoms with van der Waals surface area (Å²) in [5.74, 6) is -1.79. The third-order valence-corrected chi connectivity index (χ3v) is 6.96. The van der Waals surface area contributed by atoms with Crippen molar-refractivity contribution in [2.24, 2.45) is 5.92 Å². The molecule has 8 nitrogen and oxygen atoms in total. The third kappa shape index (κ3) is 5.17. The molecule has 3 N–H and O–H groups in total. The van der Waals surface area contributed by atoms with Crippen molar-refractivity contribution >= 4 is 18.0 Å². The van der Waals surface area contributed by atoms with Gasteiger partial charge in [0.25, 0.3) is 0 Å². The Kier molecular flexibility index (Phi) is 7.40. The minimum atomic E-state index is -1.19. The zero-order chi connectivity index (χ0) is 25.0. The molecule has 0 aromatic heterocycles. The van der Waals surface area contributed by atoms with Crippen molar-refractivity contribution in [2.45, 2.75) is 50.7 Å². The summed E-state index contributed by atoms with van der Waals surface area (Å²) in [6.45, 7) is 4.26. The molecular weight excluding hydrogens is 448 g/mol. The van der Waals surface area contributed by atoms with Gasteiger partial charge in [-0.2, -0.15) is 0 Å². The summed E-state index contributed by atoms with van der Waals surface area (Å²) >= 11 is 0. The zero-order valence-electron chi connectivity index (χ0n) is 20.1. The number of alkyl carbamates (subject to hydrolysis) is 1. The Morgan fingerprint density at radius 3 is 2.31 bits per heavy atom. The van der Waals surface area contributed by atoms with Gasteiger partial charge in [-0.1, -0.05) is 61.9 Å². The first-order valence-corrected chi connectivity index (χ1v) is 12.1. The largest absolute Gasteiger partial charge is 0.479 e. The average Bonchev–Trinajstić information content (AvgIpc) is 3.44. The summed E-state index contributed by atoms with van der Waals surface area (Å²) in [5.41, 5.74) is 3.32. The lowest BCUT2D eigenvalue weighted by atomic mass is 9.94. The van der Waals surface area contributed by atoms with Gasteiger partial charge < -0.3 is 25.2 Å². The first kappa shape index (κ1) is 24.7. The minimum Gasteiger partial charge on any atom is -0.479 e. The van der Waals surface area contributed by atoms with Gasteiger partial charge in [-0.05, 0) is 42.0 Å². The topological polar surface area (TPSA) is 114 Å². The molecule has 0 saturated carbocycles. The van der Waals surface area contributed by atoms with E-state index in [0.29, 0.717) is 25.9 Å². The summed E-state index contributed by atoms with van der Waals surface area (Å²) in [4.78, 5) is 37.2. The van der Waals surface area contributed by atoms with Crippen molar-refractivity contribution in [3.63, 3.8) is 0 Å². The lowest BCUT2D eigenvalue weighted by molar-refractivity contribution is -0.149. The molecule has 3 unspecified atom stereocenters. The van der Waals surface area contributed by atoms with Crippen LogP contribution in [0.15, 0.2) is 48.5 Å². The lowest BCUT2D eigenvalue weighted by Crippen LogP contribution is -2.57. The molecular formula is C27H32N2O6. The SMILES string of the molecule is CCCC(C)(NC(=O)OCC1c2ccccc2-c2ccccc21)C(=O)NCC1CCOC1C(=O)O. The van der Waals surface area contributed by atoms with E-state index in [9.17, 15) is 19.5 Å². The highest BCUT2D eigenvalue weighted by Gasteiger charge is 2.38. The molecule has 0 spiro atoms. The van der Waals surface area contributed by atoms with Crippen LogP contribution >= 0.6 is 0 Å². The van der Waals surface area contributed by atoms with Crippen LogP contribution in [0.5, 0.6) is 0 Å². The Hall–Kier alpha value is -3.39. The summed E-state index contributed by atoms with van der Waals surface area (Å²) in [5, 5.41) is 14.8. The quantitative estimate of drug-likeness (QED) is 0.504. The molecule has 1 aliphatic carbocycles. The maximum absolute atomic E-state index is 13.0. The van der Waals surface area contributed by atoms with Gasteiger partial charge in [-0.25, -0.2) is 9.59 Å². The predicted molar refractivity (Wildman–Crippen MR) is 130 cm³/mol. The van der Waals surface area contributed by atoms with Crippen LogP contribution in [0.25, 0.3) is 11.1 Å². The van der Waals surface area contributed by atoms with E-state index in [4.69, 9.17) is 9.47 Å². The first-order valence-electron chi connectivity index (χ1n) is 12.1. The standard InChI is InChI=1S/C27H32N2O6/c1-3-13-27(2,25(32)28-15-17-12-14-34-23(17)24(30)31)29-26(33)35-16-22-20-10-6-4-8-18(20)19-9-5-7-11-21(19)22/h4-11,17,22-23H,3,12-16H2,1-2H3,(H,28,32)(H,29,33)(H,30,31). The number of carboxylic acids is 1. The fraction of sp³-hybridized carbons (Fsp3) is 0.444. The molecule has 3 atom stereocenters. The smallest absolute Gasteiger partial charge is 0.408 e. The van der Waals surface area contributed by atoms with Crippen molar-refractivity contribution in [2.75, 3.05) is 19.8 Å². The second-order valence-corrected chi connectivity index (χ2v) is 9.42. The van der Waals surface area contributed by atoms with E-state index in [0.717, 1.165) is 22.3 Å². The Balaban J connectivity index is 1.38. The van der Waals surface area contributed by atoms with E-state index in [1.54, 1.807) is 6.92 Å². The molecule has 8 heteroatoms. The predicted octanol–water partition coefficient (Wildman–Crippen LogP) is 3.69. The van der Waals surface area contributed by atoms with Crippen LogP contribution < -0.4 is 10.6 Å². The number of carbonyl (C=O) groups excluding carboxylic acids is 2. The number of ether oxygens (including phenoxy) is 2. The summed E-state index contributed by atoms with van der Waals surface area (Å²) in [6.07, 6.45) is 0.0415. The second-order valence-electron chi connectivity index (χ2n) is 9.42. The minimum absolute atomic E-state index is 0.0743. The number of fused-ring (bicyclic) bond motifs is 3. The molecule has 4 rings (SSSR count). The van der Waals surface area contributed by atoms with Crippen LogP contribution in [-0.2, 0) is 19.1 Å². The third-order valence-electron chi connectivity index (χ3n) is 6.96. The Morgan fingerprint density at radius 2 is 1.71 bits per heavy atom. The van der Waals surface area contributed by atoms with Crippen molar-refractivity contribution < 1.29 is 29.0 Å². The van der Waals surface area contributed by atoms with Gasteiger partial charge in [-0.15, -0.1) is 0 Å². The van der Waals surface area contributed by atoms with E-state index in [1.165, 1.54) is 0 Å². The molecule has 1 fully saturated rings. The van der Waals surface area contributed by atoms with Gasteiger partial charge in [0.15, 0.2) is 6.10 Å². The van der Waals surface area contributed by atoms with Crippen LogP contribution in [0.3, 0.4) is 0 Å². The number of aliphatic carboxylic acids is 1. The number of amides is 2. The van der Waals surface area contributed by atoms with E-state index >= 15 is 0 Å². The molecule has 0 radical (unpaired) electrons. The van der Waals surface area contributed by atoms with Crippen LogP contribution in [-0.4, -0.2) is 54.5 Å². The second kappa shape index (κ2) is 10.5. The van der Waals surface area contributed by atoms with Crippen molar-refractivity contribution in [1.82, 2.24) is 10.6 Å². The van der Waals surface area contributed by atoms with Gasteiger partial charge >= 0.3 is 12.1 Å². The number of hydrogen-bond donors (Lipinski definition) is 3. The maximum atomic E-state index is 13.0. The highest BCUT2D eigenvalue weighted by molar-refractivity contribution is 5.89. The average molecular weight is 481 g/mol. The Morgan fingerprint density at radius 1 is 1.09 bits per heavy atom. The van der Waals surface area contributed by atoms with E-state index in [-0.39, 0.29) is 30.9 Å². The van der Waals surface area contributed by atoms with E-state index in [1.807, 2.05) is 43.3 Å². The van der Waals surface area contributed by atoms with Gasteiger partial charge in [-0.3, -0.25) is 4.79 Å². The number of nitrogens with one attached hydrogen (secondary N) is 2. The van der Waals surface area contributed by atoms with Gasteiger partial charge in [0.2, 0.25) is 5.91 Å². The molecule has 35 heavy (non-hydrogen) atoms. The van der Waals surface area contributed by atoms with Crippen LogP contribution in [0, 0.1) is 5.92 Å². The van der Waals surface area contributed by atoms with Crippen molar-refractivity contribution in [1.29, 1.82) is 0 Å². The Labute approximate surface area is 205 Å². The lowest BCUT2D eigenvalue weighted by Gasteiger charge is -2.30. The monoisotopic (exact) mass is 480 g/mol. The summed E-state index contributed by atoms with van der Waals surface area (Å²) in [6, 6.07) is 16.2. The van der Waals surface area contributed by atoms with Gasteiger partial charge in [0.1, 0.15) is 12.1 Å². The molecule has 2 aliphatic rings. The Bertz CT molecular complexity index is 1060. The van der Waals surface area contributed by atoms with E-state index in [2.05, 4.69) is 22.8 Å². The van der Waals surface area contributed by atoms with Crippen LogP contribution in [0.1, 0.15) is 50.2 Å². The van der Waals surface area contributed by atoms with Crippen LogP contribution in [0.2, 0.25) is 0 Å². The molecule has 1 aliphatic heterocycles. The van der Waals surface area contributed by atoms with E-state index < -0.39 is 23.7 Å². The highest BCUT2D eigenvalue weighted by atomic mass is 16.5. The molecule has 1 heterocycles. The molecule has 2 aromatic rings. The van der Waals surface area contributed by atoms with Crippen LogP contribution in [0.4, 0.5) is 4.79 Å². The highest BCUT2D eigenvalue weighted by Crippen LogP contribution is 2.44. The number of carbonyl (C=O) groups is 3. The normalized spacial score (nSPS) is 20.4. The molecule has 2 amide bonds. The summed E-state index contributed by atoms with van der Waals surface area (Å²) < 4.78 is 10.9. The molecule has 2 aromatic carbocycles. The van der Waals surface area contributed by atoms with Gasteiger partial charge in [0.05, 0.1) is 0 Å². The molecule has 0 bridgehead atoms. The number of carboxylic acid groups (broad SMARTS) is 1. The number of benzene rings is 2. The fourth-order valence-electron chi connectivity index (χ4n) is 5.13. The zero-order valence-corrected chi connectivity index (χ0v) is 20.1. The van der Waals surface area contributed by atoms with Gasteiger partial charge in [0, 0.05) is 25.0 Å². The first-order chi connectivity index (χ1) is 16.8. The summed E-state index contributed by atoms with van der Waals surface area (Å²) in [7, 11) is 0. The maximum Gasteiger partial charge on any atom is 0.408 e. The number of rotatable bonds is 9. The molecule has 186 valence electrons. The molecule has 1 saturated heterocycles.